The molecule has 17 heavy (non-hydrogen) atoms. The lowest BCUT2D eigenvalue weighted by Gasteiger charge is -2.11. The average molecular weight is 268 g/mol. The van der Waals surface area contributed by atoms with Gasteiger partial charge < -0.3 is 5.32 Å². The topological polar surface area (TPSA) is 53.2 Å². The molecule has 0 saturated carbocycles. The van der Waals surface area contributed by atoms with Gasteiger partial charge in [-0.2, -0.15) is 13.2 Å². The van der Waals surface area contributed by atoms with Crippen LogP contribution in [-0.2, 0) is 0 Å². The number of amides is 2. The highest BCUT2D eigenvalue weighted by Gasteiger charge is 2.26. The number of halogens is 4. The number of hydrogen-bond acceptors (Lipinski definition) is 2. The number of para-hydroxylation sites is 1. The van der Waals surface area contributed by atoms with Crippen LogP contribution in [0.25, 0.3) is 0 Å². The van der Waals surface area contributed by atoms with Crippen LogP contribution in [0.5, 0.6) is 0 Å². The maximum absolute atomic E-state index is 11.7. The maximum Gasteiger partial charge on any atom is 0.402 e. The normalized spacial score (nSPS) is 11.1. The van der Waals surface area contributed by atoms with E-state index in [1.807, 2.05) is 5.43 Å². The van der Waals surface area contributed by atoms with E-state index >= 15 is 0 Å². The van der Waals surface area contributed by atoms with Crippen molar-refractivity contribution in [2.45, 2.75) is 6.18 Å². The van der Waals surface area contributed by atoms with Crippen molar-refractivity contribution in [2.75, 3.05) is 11.9 Å². The molecule has 0 fully saturated rings. The van der Waals surface area contributed by atoms with Crippen LogP contribution in [0.15, 0.2) is 24.3 Å². The quantitative estimate of drug-likeness (QED) is 0.737. The summed E-state index contributed by atoms with van der Waals surface area (Å²) < 4.78 is 35.2. The molecule has 0 atom stereocenters. The fraction of sp³-hybridized carbons (Fsp3) is 0.222. The lowest BCUT2D eigenvalue weighted by molar-refractivity contribution is -0.125. The number of benzene rings is 1. The molecule has 2 amide bonds. The van der Waals surface area contributed by atoms with Crippen LogP contribution in [-0.4, -0.2) is 18.8 Å². The number of anilines is 1. The first kappa shape index (κ1) is 13.6. The third-order valence-electron chi connectivity index (χ3n) is 1.61. The first-order chi connectivity index (χ1) is 7.88. The van der Waals surface area contributed by atoms with Crippen molar-refractivity contribution in [1.82, 2.24) is 10.9 Å². The standard InChI is InChI=1S/C9H9ClF3N3O/c10-6-3-1-2-4-7(6)15-8(17)16-14-5-9(11,12)13/h1-4,14H,5H2,(H2,15,16,17). The Morgan fingerprint density at radius 3 is 2.53 bits per heavy atom. The van der Waals surface area contributed by atoms with E-state index in [1.165, 1.54) is 6.07 Å². The Kier molecular flexibility index (Phi) is 4.59. The largest absolute Gasteiger partial charge is 0.402 e. The average Bonchev–Trinajstić information content (AvgIpc) is 2.19. The predicted octanol–water partition coefficient (Wildman–Crippen LogP) is 2.53. The molecule has 0 bridgehead atoms. The molecule has 4 nitrogen and oxygen atoms in total. The summed E-state index contributed by atoms with van der Waals surface area (Å²) in [5.74, 6) is 0. The van der Waals surface area contributed by atoms with Gasteiger partial charge in [-0.15, -0.1) is 0 Å². The molecule has 1 rings (SSSR count). The summed E-state index contributed by atoms with van der Waals surface area (Å²) in [6, 6.07) is 5.52. The van der Waals surface area contributed by atoms with Gasteiger partial charge in [-0.3, -0.25) is 5.43 Å². The summed E-state index contributed by atoms with van der Waals surface area (Å²) in [4.78, 5) is 11.1. The molecule has 0 radical (unpaired) electrons. The maximum atomic E-state index is 11.7. The molecule has 0 aliphatic heterocycles. The van der Waals surface area contributed by atoms with Gasteiger partial charge in [0, 0.05) is 0 Å². The van der Waals surface area contributed by atoms with Gasteiger partial charge in [0.25, 0.3) is 0 Å². The van der Waals surface area contributed by atoms with Gasteiger partial charge in [0.15, 0.2) is 0 Å². The van der Waals surface area contributed by atoms with E-state index in [2.05, 4.69) is 5.32 Å². The molecule has 0 unspecified atom stereocenters. The van der Waals surface area contributed by atoms with Gasteiger partial charge >= 0.3 is 12.2 Å². The van der Waals surface area contributed by atoms with Crippen molar-refractivity contribution >= 4 is 23.3 Å². The van der Waals surface area contributed by atoms with E-state index < -0.39 is 18.8 Å². The van der Waals surface area contributed by atoms with Crippen LogP contribution < -0.4 is 16.2 Å². The summed E-state index contributed by atoms with van der Waals surface area (Å²) in [6.45, 7) is -1.32. The van der Waals surface area contributed by atoms with Crippen molar-refractivity contribution in [1.29, 1.82) is 0 Å². The van der Waals surface area contributed by atoms with Crippen LogP contribution in [0.1, 0.15) is 0 Å². The highest BCUT2D eigenvalue weighted by Crippen LogP contribution is 2.19. The molecule has 8 heteroatoms. The summed E-state index contributed by atoms with van der Waals surface area (Å²) in [5, 5.41) is 2.57. The zero-order chi connectivity index (χ0) is 12.9. The Morgan fingerprint density at radius 2 is 1.94 bits per heavy atom. The Hall–Kier alpha value is -1.47. The second-order valence-corrected chi connectivity index (χ2v) is 3.43. The third kappa shape index (κ3) is 5.41. The van der Waals surface area contributed by atoms with Gasteiger partial charge in [0.2, 0.25) is 0 Å². The number of urea groups is 1. The summed E-state index contributed by atoms with van der Waals surface area (Å²) in [6.07, 6.45) is -4.39. The van der Waals surface area contributed by atoms with E-state index in [4.69, 9.17) is 11.6 Å². The highest BCUT2D eigenvalue weighted by molar-refractivity contribution is 6.33. The van der Waals surface area contributed by atoms with Crippen molar-refractivity contribution in [3.8, 4) is 0 Å². The fourth-order valence-corrected chi connectivity index (χ4v) is 1.12. The summed E-state index contributed by atoms with van der Waals surface area (Å²) >= 11 is 5.73. The predicted molar refractivity (Wildman–Crippen MR) is 57.7 cm³/mol. The van der Waals surface area contributed by atoms with Crippen LogP contribution in [0.4, 0.5) is 23.7 Å². The molecule has 0 aliphatic carbocycles. The van der Waals surface area contributed by atoms with Gasteiger partial charge in [-0.1, -0.05) is 23.7 Å². The molecule has 1 aromatic carbocycles. The van der Waals surface area contributed by atoms with Gasteiger partial charge in [0.05, 0.1) is 10.7 Å². The SMILES string of the molecule is O=C(NNCC(F)(F)F)Nc1ccccc1Cl. The third-order valence-corrected chi connectivity index (χ3v) is 1.94. The number of carbonyl (C=O) groups excluding carboxylic acids is 1. The van der Waals surface area contributed by atoms with E-state index in [1.54, 1.807) is 23.6 Å². The van der Waals surface area contributed by atoms with Gasteiger partial charge in [-0.05, 0) is 12.1 Å². The smallest absolute Gasteiger partial charge is 0.305 e. The number of carbonyl (C=O) groups is 1. The number of nitrogens with one attached hydrogen (secondary N) is 3. The van der Waals surface area contributed by atoms with Gasteiger partial charge in [-0.25, -0.2) is 10.2 Å². The molecule has 1 aromatic rings. The molecule has 3 N–H and O–H groups in total. The van der Waals surface area contributed by atoms with E-state index in [-0.39, 0.29) is 0 Å². The lowest BCUT2D eigenvalue weighted by Crippen LogP contribution is -2.44. The Balaban J connectivity index is 2.38. The molecule has 94 valence electrons. The van der Waals surface area contributed by atoms with Crippen LogP contribution >= 0.6 is 11.6 Å². The molecular formula is C9H9ClF3N3O. The Morgan fingerprint density at radius 1 is 1.29 bits per heavy atom. The van der Waals surface area contributed by atoms with Crippen molar-refractivity contribution < 1.29 is 18.0 Å². The van der Waals surface area contributed by atoms with Crippen molar-refractivity contribution in [3.05, 3.63) is 29.3 Å². The fourth-order valence-electron chi connectivity index (χ4n) is 0.941. The zero-order valence-corrected chi connectivity index (χ0v) is 9.19. The highest BCUT2D eigenvalue weighted by atomic mass is 35.5. The summed E-state index contributed by atoms with van der Waals surface area (Å²) in [5.41, 5.74) is 3.88. The van der Waals surface area contributed by atoms with E-state index in [0.717, 1.165) is 0 Å². The summed E-state index contributed by atoms with van der Waals surface area (Å²) in [7, 11) is 0. The molecule has 0 saturated heterocycles. The molecule has 0 spiro atoms. The second-order valence-electron chi connectivity index (χ2n) is 3.03. The Bertz CT molecular complexity index is 397. The van der Waals surface area contributed by atoms with Gasteiger partial charge in [0.1, 0.15) is 6.54 Å². The Labute approximate surface area is 100 Å². The minimum Gasteiger partial charge on any atom is -0.305 e. The van der Waals surface area contributed by atoms with E-state index in [9.17, 15) is 18.0 Å². The molecule has 0 aliphatic rings. The number of rotatable bonds is 3. The zero-order valence-electron chi connectivity index (χ0n) is 8.44. The number of hydrogen-bond donors (Lipinski definition) is 3. The van der Waals surface area contributed by atoms with Crippen LogP contribution in [0.2, 0.25) is 5.02 Å². The monoisotopic (exact) mass is 267 g/mol. The van der Waals surface area contributed by atoms with Crippen LogP contribution in [0, 0.1) is 0 Å². The van der Waals surface area contributed by atoms with Crippen molar-refractivity contribution in [3.63, 3.8) is 0 Å². The first-order valence-electron chi connectivity index (χ1n) is 4.49. The minimum absolute atomic E-state index is 0.290. The van der Waals surface area contributed by atoms with E-state index in [0.29, 0.717) is 10.7 Å². The minimum atomic E-state index is -4.39. The van der Waals surface area contributed by atoms with Crippen molar-refractivity contribution in [2.24, 2.45) is 0 Å². The second kappa shape index (κ2) is 5.74. The first-order valence-corrected chi connectivity index (χ1v) is 4.87. The van der Waals surface area contributed by atoms with Crippen LogP contribution in [0.3, 0.4) is 0 Å². The number of hydrazine groups is 1. The molecule has 0 aromatic heterocycles. The number of alkyl halides is 3. The lowest BCUT2D eigenvalue weighted by atomic mass is 10.3. The molecular weight excluding hydrogens is 259 g/mol. The molecule has 0 heterocycles.